The molecule has 0 radical (unpaired) electrons. The molecule has 0 heterocycles. The number of ether oxygens (including phenoxy) is 1. The number of aryl methyl sites for hydroxylation is 1. The Morgan fingerprint density at radius 3 is 2.86 bits per heavy atom. The molecule has 0 saturated heterocycles. The lowest BCUT2D eigenvalue weighted by molar-refractivity contribution is -0.122. The standard InChI is InChI=1S/C18H23NO2/c1-21-16-9-6-11-4-7-14-13(5-8-15(16)17(11)14)10-19-18(20)12-2-3-12/h6,9,12-14H,2-5,7-8,10H2,1H3,(H,19,20). The number of carbonyl (C=O) groups is 1. The van der Waals surface area contributed by atoms with Gasteiger partial charge in [-0.15, -0.1) is 0 Å². The predicted molar refractivity (Wildman–Crippen MR) is 81.6 cm³/mol. The maximum Gasteiger partial charge on any atom is 0.223 e. The van der Waals surface area contributed by atoms with E-state index in [2.05, 4.69) is 17.4 Å². The SMILES string of the molecule is COc1ccc2c3c1CCC(CNC(=O)C1CC1)C3CC2. The van der Waals surface area contributed by atoms with Gasteiger partial charge in [-0.3, -0.25) is 4.79 Å². The summed E-state index contributed by atoms with van der Waals surface area (Å²) in [6, 6.07) is 4.37. The van der Waals surface area contributed by atoms with Gasteiger partial charge < -0.3 is 10.1 Å². The van der Waals surface area contributed by atoms with Crippen LogP contribution in [-0.4, -0.2) is 19.6 Å². The Morgan fingerprint density at radius 2 is 2.10 bits per heavy atom. The average molecular weight is 285 g/mol. The van der Waals surface area contributed by atoms with Crippen LogP contribution < -0.4 is 10.1 Å². The van der Waals surface area contributed by atoms with E-state index in [1.54, 1.807) is 12.7 Å². The molecule has 1 aromatic carbocycles. The van der Waals surface area contributed by atoms with E-state index in [1.165, 1.54) is 30.4 Å². The zero-order chi connectivity index (χ0) is 14.4. The molecule has 4 rings (SSSR count). The van der Waals surface area contributed by atoms with Crippen LogP contribution in [-0.2, 0) is 17.6 Å². The second kappa shape index (κ2) is 5.04. The number of benzene rings is 1. The smallest absolute Gasteiger partial charge is 0.223 e. The third kappa shape index (κ3) is 2.23. The van der Waals surface area contributed by atoms with E-state index in [0.29, 0.717) is 17.8 Å². The summed E-state index contributed by atoms with van der Waals surface area (Å²) in [6.07, 6.45) is 6.85. The molecule has 0 aliphatic heterocycles. The van der Waals surface area contributed by atoms with Crippen molar-refractivity contribution in [2.75, 3.05) is 13.7 Å². The summed E-state index contributed by atoms with van der Waals surface area (Å²) in [7, 11) is 1.77. The largest absolute Gasteiger partial charge is 0.496 e. The maximum absolute atomic E-state index is 11.9. The van der Waals surface area contributed by atoms with Crippen LogP contribution in [0.4, 0.5) is 0 Å². The molecule has 3 nitrogen and oxygen atoms in total. The number of carbonyl (C=O) groups excluding carboxylic acids is 1. The molecule has 1 amide bonds. The Labute approximate surface area is 126 Å². The number of hydrogen-bond donors (Lipinski definition) is 1. The van der Waals surface area contributed by atoms with Gasteiger partial charge in [-0.2, -0.15) is 0 Å². The first kappa shape index (κ1) is 13.2. The van der Waals surface area contributed by atoms with Crippen molar-refractivity contribution in [3.05, 3.63) is 28.8 Å². The number of amides is 1. The Bertz CT molecular complexity index is 577. The van der Waals surface area contributed by atoms with Crippen LogP contribution in [0.1, 0.15) is 48.3 Å². The van der Waals surface area contributed by atoms with E-state index < -0.39 is 0 Å². The maximum atomic E-state index is 11.9. The van der Waals surface area contributed by atoms with Crippen molar-refractivity contribution < 1.29 is 9.53 Å². The van der Waals surface area contributed by atoms with Gasteiger partial charge in [-0.25, -0.2) is 0 Å². The molecule has 2 unspecified atom stereocenters. The molecule has 112 valence electrons. The summed E-state index contributed by atoms with van der Waals surface area (Å²) in [4.78, 5) is 11.9. The van der Waals surface area contributed by atoms with Crippen LogP contribution >= 0.6 is 0 Å². The highest BCUT2D eigenvalue weighted by Crippen LogP contribution is 2.48. The van der Waals surface area contributed by atoms with Crippen molar-refractivity contribution in [1.82, 2.24) is 5.32 Å². The van der Waals surface area contributed by atoms with Gasteiger partial charge >= 0.3 is 0 Å². The van der Waals surface area contributed by atoms with Crippen LogP contribution in [0.25, 0.3) is 0 Å². The highest BCUT2D eigenvalue weighted by Gasteiger charge is 2.37. The number of hydrogen-bond acceptors (Lipinski definition) is 2. The Balaban J connectivity index is 1.53. The van der Waals surface area contributed by atoms with Gasteiger partial charge in [0.2, 0.25) is 5.91 Å². The molecule has 1 saturated carbocycles. The van der Waals surface area contributed by atoms with Crippen molar-refractivity contribution >= 4 is 5.91 Å². The first-order chi connectivity index (χ1) is 10.3. The van der Waals surface area contributed by atoms with Gasteiger partial charge in [0.05, 0.1) is 7.11 Å². The molecular weight excluding hydrogens is 262 g/mol. The van der Waals surface area contributed by atoms with Gasteiger partial charge in [0.25, 0.3) is 0 Å². The fraction of sp³-hybridized carbons (Fsp3) is 0.611. The van der Waals surface area contributed by atoms with Gasteiger partial charge in [0.15, 0.2) is 0 Å². The average Bonchev–Trinajstić information content (AvgIpc) is 3.28. The minimum absolute atomic E-state index is 0.282. The fourth-order valence-corrected chi connectivity index (χ4v) is 4.25. The third-order valence-electron chi connectivity index (χ3n) is 5.54. The van der Waals surface area contributed by atoms with Crippen LogP contribution in [0.2, 0.25) is 0 Å². The van der Waals surface area contributed by atoms with E-state index >= 15 is 0 Å². The fourth-order valence-electron chi connectivity index (χ4n) is 4.25. The highest BCUT2D eigenvalue weighted by atomic mass is 16.5. The molecular formula is C18H23NO2. The lowest BCUT2D eigenvalue weighted by Gasteiger charge is -2.32. The van der Waals surface area contributed by atoms with Crippen LogP contribution in [0, 0.1) is 11.8 Å². The topological polar surface area (TPSA) is 38.3 Å². The number of nitrogens with one attached hydrogen (secondary N) is 1. The predicted octanol–water partition coefficient (Wildman–Crippen LogP) is 2.81. The van der Waals surface area contributed by atoms with Gasteiger partial charge in [-0.05, 0) is 73.1 Å². The number of methoxy groups -OCH3 is 1. The second-order valence-corrected chi connectivity index (χ2v) is 6.78. The van der Waals surface area contributed by atoms with Gasteiger partial charge in [0, 0.05) is 12.5 Å². The van der Waals surface area contributed by atoms with Crippen LogP contribution in [0.5, 0.6) is 5.75 Å². The molecule has 21 heavy (non-hydrogen) atoms. The normalized spacial score (nSPS) is 26.3. The third-order valence-corrected chi connectivity index (χ3v) is 5.54. The minimum atomic E-state index is 0.282. The lowest BCUT2D eigenvalue weighted by atomic mass is 9.75. The summed E-state index contributed by atoms with van der Waals surface area (Å²) in [5.41, 5.74) is 4.49. The van der Waals surface area contributed by atoms with Gasteiger partial charge in [-0.1, -0.05) is 6.07 Å². The van der Waals surface area contributed by atoms with Crippen molar-refractivity contribution in [3.63, 3.8) is 0 Å². The van der Waals surface area contributed by atoms with Crippen molar-refractivity contribution in [2.24, 2.45) is 11.8 Å². The van der Waals surface area contributed by atoms with E-state index in [-0.39, 0.29) is 5.91 Å². The molecule has 1 aromatic rings. The molecule has 1 fully saturated rings. The molecule has 0 aromatic heterocycles. The molecule has 0 spiro atoms. The Hall–Kier alpha value is -1.51. The van der Waals surface area contributed by atoms with E-state index in [9.17, 15) is 4.79 Å². The van der Waals surface area contributed by atoms with Crippen molar-refractivity contribution in [3.8, 4) is 5.75 Å². The highest BCUT2D eigenvalue weighted by molar-refractivity contribution is 5.80. The number of rotatable bonds is 4. The lowest BCUT2D eigenvalue weighted by Crippen LogP contribution is -2.34. The summed E-state index contributed by atoms with van der Waals surface area (Å²) in [5, 5.41) is 3.19. The summed E-state index contributed by atoms with van der Waals surface area (Å²) in [6.45, 7) is 0.857. The Kier molecular flexibility index (Phi) is 3.16. The molecule has 3 aliphatic rings. The molecule has 1 N–H and O–H groups in total. The van der Waals surface area contributed by atoms with E-state index in [1.807, 2.05) is 0 Å². The van der Waals surface area contributed by atoms with Crippen LogP contribution in [0.3, 0.4) is 0 Å². The zero-order valence-electron chi connectivity index (χ0n) is 12.7. The molecule has 3 aliphatic carbocycles. The van der Waals surface area contributed by atoms with E-state index in [0.717, 1.165) is 31.6 Å². The summed E-state index contributed by atoms with van der Waals surface area (Å²) >= 11 is 0. The molecule has 0 bridgehead atoms. The van der Waals surface area contributed by atoms with Gasteiger partial charge in [0.1, 0.15) is 5.75 Å². The molecule has 2 atom stereocenters. The summed E-state index contributed by atoms with van der Waals surface area (Å²) in [5.74, 6) is 2.89. The zero-order valence-corrected chi connectivity index (χ0v) is 12.7. The first-order valence-corrected chi connectivity index (χ1v) is 8.24. The van der Waals surface area contributed by atoms with E-state index in [4.69, 9.17) is 4.74 Å². The van der Waals surface area contributed by atoms with Crippen molar-refractivity contribution in [2.45, 2.75) is 44.4 Å². The van der Waals surface area contributed by atoms with Crippen molar-refractivity contribution in [1.29, 1.82) is 0 Å². The van der Waals surface area contributed by atoms with Crippen LogP contribution in [0.15, 0.2) is 12.1 Å². The molecule has 3 heteroatoms. The quantitative estimate of drug-likeness (QED) is 0.924. The Morgan fingerprint density at radius 1 is 1.24 bits per heavy atom. The summed E-state index contributed by atoms with van der Waals surface area (Å²) < 4.78 is 5.55. The minimum Gasteiger partial charge on any atom is -0.496 e. The second-order valence-electron chi connectivity index (χ2n) is 6.78. The monoisotopic (exact) mass is 285 g/mol. The first-order valence-electron chi connectivity index (χ1n) is 8.24.